The van der Waals surface area contributed by atoms with E-state index in [1.807, 2.05) is 49.8 Å². The second-order valence-corrected chi connectivity index (χ2v) is 7.79. The van der Waals surface area contributed by atoms with E-state index in [-0.39, 0.29) is 6.09 Å². The first-order valence-electron chi connectivity index (χ1n) is 9.52. The van der Waals surface area contributed by atoms with Gasteiger partial charge >= 0.3 is 6.09 Å². The molecule has 3 aromatic rings. The van der Waals surface area contributed by atoms with E-state index in [4.69, 9.17) is 4.74 Å². The van der Waals surface area contributed by atoms with E-state index in [0.29, 0.717) is 6.54 Å². The van der Waals surface area contributed by atoms with Crippen LogP contribution in [-0.2, 0) is 17.7 Å². The van der Waals surface area contributed by atoms with Crippen molar-refractivity contribution in [3.63, 3.8) is 0 Å². The summed E-state index contributed by atoms with van der Waals surface area (Å²) in [4.78, 5) is 11.7. The van der Waals surface area contributed by atoms with Gasteiger partial charge in [-0.25, -0.2) is 4.79 Å². The molecule has 146 valence electrons. The number of carbonyl (C=O) groups is 1. The highest BCUT2D eigenvalue weighted by atomic mass is 16.6. The monoisotopic (exact) mass is 377 g/mol. The molecule has 0 bridgehead atoms. The normalized spacial score (nSPS) is 11.2. The van der Waals surface area contributed by atoms with Crippen molar-refractivity contribution in [2.24, 2.45) is 0 Å². The Hall–Kier alpha value is -3.08. The molecule has 0 spiro atoms. The zero-order chi connectivity index (χ0) is 20.0. The first-order chi connectivity index (χ1) is 13.4. The summed E-state index contributed by atoms with van der Waals surface area (Å²) < 4.78 is 7.19. The second-order valence-electron chi connectivity index (χ2n) is 7.79. The average molecular weight is 377 g/mol. The van der Waals surface area contributed by atoms with Gasteiger partial charge < -0.3 is 10.1 Å². The molecule has 0 aliphatic carbocycles. The van der Waals surface area contributed by atoms with Crippen LogP contribution in [0.25, 0.3) is 11.1 Å². The van der Waals surface area contributed by atoms with Crippen molar-refractivity contribution in [3.05, 3.63) is 78.1 Å². The van der Waals surface area contributed by atoms with E-state index in [0.717, 1.165) is 29.7 Å². The predicted molar refractivity (Wildman–Crippen MR) is 111 cm³/mol. The minimum absolute atomic E-state index is 0.380. The van der Waals surface area contributed by atoms with Crippen LogP contribution in [0.2, 0.25) is 0 Å². The predicted octanol–water partition coefficient (Wildman–Crippen LogP) is 4.67. The van der Waals surface area contributed by atoms with Crippen LogP contribution in [0, 0.1) is 0 Å². The zero-order valence-corrected chi connectivity index (χ0v) is 16.7. The van der Waals surface area contributed by atoms with Gasteiger partial charge in [0.15, 0.2) is 0 Å². The van der Waals surface area contributed by atoms with Crippen molar-refractivity contribution in [2.75, 3.05) is 6.54 Å². The number of aromatic nitrogens is 2. The first-order valence-corrected chi connectivity index (χ1v) is 9.52. The van der Waals surface area contributed by atoms with Crippen molar-refractivity contribution in [1.29, 1.82) is 0 Å². The fourth-order valence-corrected chi connectivity index (χ4v) is 2.86. The molecule has 0 saturated heterocycles. The fraction of sp³-hybridized carbons (Fsp3) is 0.304. The van der Waals surface area contributed by atoms with Gasteiger partial charge in [-0.2, -0.15) is 5.10 Å². The highest BCUT2D eigenvalue weighted by Gasteiger charge is 2.15. The minimum atomic E-state index is -0.476. The first kappa shape index (κ1) is 19.7. The summed E-state index contributed by atoms with van der Waals surface area (Å²) in [5.41, 5.74) is 4.13. The van der Waals surface area contributed by atoms with Crippen LogP contribution < -0.4 is 5.32 Å². The van der Waals surface area contributed by atoms with Gasteiger partial charge in [0, 0.05) is 18.3 Å². The maximum atomic E-state index is 11.7. The van der Waals surface area contributed by atoms with Crippen molar-refractivity contribution < 1.29 is 9.53 Å². The molecule has 2 aromatic carbocycles. The average Bonchev–Trinajstić information content (AvgIpc) is 3.10. The number of hydrogen-bond acceptors (Lipinski definition) is 3. The van der Waals surface area contributed by atoms with E-state index in [1.165, 1.54) is 5.56 Å². The Kier molecular flexibility index (Phi) is 6.14. The van der Waals surface area contributed by atoms with E-state index >= 15 is 0 Å². The molecule has 3 rings (SSSR count). The van der Waals surface area contributed by atoms with Crippen molar-refractivity contribution >= 4 is 6.09 Å². The van der Waals surface area contributed by atoms with Gasteiger partial charge in [0.25, 0.3) is 0 Å². The summed E-state index contributed by atoms with van der Waals surface area (Å²) in [6, 6.07) is 18.6. The van der Waals surface area contributed by atoms with Crippen LogP contribution in [0.3, 0.4) is 0 Å². The molecular formula is C23H27N3O2. The van der Waals surface area contributed by atoms with Crippen molar-refractivity contribution in [2.45, 2.75) is 39.3 Å². The smallest absolute Gasteiger partial charge is 0.407 e. The number of benzene rings is 2. The Morgan fingerprint density at radius 3 is 2.39 bits per heavy atom. The SMILES string of the molecule is CC(C)(C)OC(=O)NCCc1ccc(-c2cnn(Cc3ccccc3)c2)cc1. The van der Waals surface area contributed by atoms with Crippen LogP contribution >= 0.6 is 0 Å². The highest BCUT2D eigenvalue weighted by molar-refractivity contribution is 5.67. The fourth-order valence-electron chi connectivity index (χ4n) is 2.86. The Balaban J connectivity index is 1.52. The molecule has 5 nitrogen and oxygen atoms in total. The lowest BCUT2D eigenvalue weighted by Gasteiger charge is -2.19. The van der Waals surface area contributed by atoms with Gasteiger partial charge in [0.2, 0.25) is 0 Å². The maximum Gasteiger partial charge on any atom is 0.407 e. The van der Waals surface area contributed by atoms with Gasteiger partial charge in [-0.05, 0) is 43.9 Å². The van der Waals surface area contributed by atoms with Crippen molar-refractivity contribution in [3.8, 4) is 11.1 Å². The van der Waals surface area contributed by atoms with Crippen LogP contribution in [0.4, 0.5) is 4.79 Å². The molecule has 0 radical (unpaired) electrons. The van der Waals surface area contributed by atoms with E-state index < -0.39 is 5.60 Å². The Morgan fingerprint density at radius 1 is 1.00 bits per heavy atom. The Bertz CT molecular complexity index is 894. The van der Waals surface area contributed by atoms with Crippen molar-refractivity contribution in [1.82, 2.24) is 15.1 Å². The van der Waals surface area contributed by atoms with Gasteiger partial charge in [-0.15, -0.1) is 0 Å². The molecule has 0 saturated carbocycles. The summed E-state index contributed by atoms with van der Waals surface area (Å²) in [5.74, 6) is 0. The number of carbonyl (C=O) groups excluding carboxylic acids is 1. The topological polar surface area (TPSA) is 56.1 Å². The summed E-state index contributed by atoms with van der Waals surface area (Å²) in [6.45, 7) is 6.87. The van der Waals surface area contributed by atoms with Crippen LogP contribution in [0.15, 0.2) is 67.0 Å². The third-order valence-electron chi connectivity index (χ3n) is 4.19. The number of nitrogens with one attached hydrogen (secondary N) is 1. The van der Waals surface area contributed by atoms with Gasteiger partial charge in [-0.1, -0.05) is 54.6 Å². The molecule has 28 heavy (non-hydrogen) atoms. The largest absolute Gasteiger partial charge is 0.444 e. The Labute approximate surface area is 166 Å². The highest BCUT2D eigenvalue weighted by Crippen LogP contribution is 2.19. The van der Waals surface area contributed by atoms with Crippen LogP contribution in [0.5, 0.6) is 0 Å². The number of nitrogens with zero attached hydrogens (tertiary/aromatic N) is 2. The molecule has 1 heterocycles. The number of rotatable bonds is 6. The third-order valence-corrected chi connectivity index (χ3v) is 4.19. The van der Waals surface area contributed by atoms with E-state index in [2.05, 4.69) is 53.0 Å². The number of ether oxygens (including phenoxy) is 1. The number of hydrogen-bond donors (Lipinski definition) is 1. The maximum absolute atomic E-state index is 11.7. The molecule has 1 N–H and O–H groups in total. The zero-order valence-electron chi connectivity index (χ0n) is 16.7. The summed E-state index contributed by atoms with van der Waals surface area (Å²) >= 11 is 0. The van der Waals surface area contributed by atoms with E-state index in [1.54, 1.807) is 0 Å². The molecule has 1 amide bonds. The summed E-state index contributed by atoms with van der Waals surface area (Å²) in [5, 5.41) is 7.25. The quantitative estimate of drug-likeness (QED) is 0.679. The molecule has 1 aromatic heterocycles. The number of amides is 1. The van der Waals surface area contributed by atoms with Crippen LogP contribution in [0.1, 0.15) is 31.9 Å². The molecule has 0 aliphatic heterocycles. The third kappa shape index (κ3) is 5.98. The molecule has 5 heteroatoms. The standard InChI is InChI=1S/C23H27N3O2/c1-23(2,3)28-22(27)24-14-13-18-9-11-20(12-10-18)21-15-25-26(17-21)16-19-7-5-4-6-8-19/h4-12,15,17H,13-14,16H2,1-3H3,(H,24,27). The molecule has 0 fully saturated rings. The second kappa shape index (κ2) is 8.74. The minimum Gasteiger partial charge on any atom is -0.444 e. The summed E-state index contributed by atoms with van der Waals surface area (Å²) in [6.07, 6.45) is 4.33. The molecular weight excluding hydrogens is 350 g/mol. The van der Waals surface area contributed by atoms with Gasteiger partial charge in [-0.3, -0.25) is 4.68 Å². The number of alkyl carbamates (subject to hydrolysis) is 1. The Morgan fingerprint density at radius 2 is 1.71 bits per heavy atom. The lowest BCUT2D eigenvalue weighted by Crippen LogP contribution is -2.33. The molecule has 0 aliphatic rings. The lowest BCUT2D eigenvalue weighted by molar-refractivity contribution is 0.0528. The molecule has 0 unspecified atom stereocenters. The van der Waals surface area contributed by atoms with Gasteiger partial charge in [0.05, 0.1) is 12.7 Å². The van der Waals surface area contributed by atoms with Gasteiger partial charge in [0.1, 0.15) is 5.60 Å². The molecule has 0 atom stereocenters. The lowest BCUT2D eigenvalue weighted by atomic mass is 10.1. The van der Waals surface area contributed by atoms with E-state index in [9.17, 15) is 4.79 Å². The summed E-state index contributed by atoms with van der Waals surface area (Å²) in [7, 11) is 0. The van der Waals surface area contributed by atoms with Crippen LogP contribution in [-0.4, -0.2) is 28.0 Å².